The number of hydrogen-bond donors (Lipinski definition) is 1. The van der Waals surface area contributed by atoms with E-state index in [0.717, 1.165) is 39.3 Å². The highest BCUT2D eigenvalue weighted by molar-refractivity contribution is 5.85. The molecule has 0 aromatic rings. The summed E-state index contributed by atoms with van der Waals surface area (Å²) in [5.74, 6) is 0.292. The van der Waals surface area contributed by atoms with Gasteiger partial charge in [-0.1, -0.05) is 20.8 Å². The lowest BCUT2D eigenvalue weighted by atomic mass is 9.92. The predicted octanol–water partition coefficient (Wildman–Crippen LogP) is 2.02. The van der Waals surface area contributed by atoms with Crippen LogP contribution in [0.2, 0.25) is 0 Å². The molecule has 0 bridgehead atoms. The Morgan fingerprint density at radius 1 is 1.10 bits per heavy atom. The Hall–Kier alpha value is -0.0300. The smallest absolute Gasteiger partial charge is 0.223 e. The van der Waals surface area contributed by atoms with Gasteiger partial charge in [-0.3, -0.25) is 9.69 Å². The molecule has 0 unspecified atom stereocenters. The molecular formula is C14H31Cl2N3O. The lowest BCUT2D eigenvalue weighted by Crippen LogP contribution is -2.49. The molecule has 0 spiro atoms. The van der Waals surface area contributed by atoms with Crippen molar-refractivity contribution in [3.05, 3.63) is 0 Å². The molecule has 0 aromatic carbocycles. The summed E-state index contributed by atoms with van der Waals surface area (Å²) in [4.78, 5) is 16.3. The Kier molecular flexibility index (Phi) is 11.9. The molecule has 1 aliphatic rings. The average molecular weight is 328 g/mol. The molecule has 1 amide bonds. The van der Waals surface area contributed by atoms with E-state index in [2.05, 4.69) is 31.0 Å². The number of carbonyl (C=O) groups is 1. The van der Waals surface area contributed by atoms with Crippen LogP contribution in [-0.4, -0.2) is 62.0 Å². The molecule has 20 heavy (non-hydrogen) atoms. The third-order valence-electron chi connectivity index (χ3n) is 3.49. The largest absolute Gasteiger partial charge is 0.340 e. The minimum atomic E-state index is 0. The molecule has 0 aromatic heterocycles. The predicted molar refractivity (Wildman–Crippen MR) is 90.1 cm³/mol. The van der Waals surface area contributed by atoms with Gasteiger partial charge in [-0.25, -0.2) is 0 Å². The number of nitrogens with one attached hydrogen (secondary N) is 1. The minimum Gasteiger partial charge on any atom is -0.340 e. The molecule has 6 heteroatoms. The van der Waals surface area contributed by atoms with Gasteiger partial charge >= 0.3 is 0 Å². The van der Waals surface area contributed by atoms with Gasteiger partial charge in [0.25, 0.3) is 0 Å². The van der Waals surface area contributed by atoms with Gasteiger partial charge in [0.05, 0.1) is 0 Å². The Morgan fingerprint density at radius 3 is 2.10 bits per heavy atom. The second kappa shape index (κ2) is 10.7. The van der Waals surface area contributed by atoms with Crippen LogP contribution in [0.5, 0.6) is 0 Å². The van der Waals surface area contributed by atoms with Gasteiger partial charge in [-0.15, -0.1) is 24.8 Å². The molecule has 1 rings (SSSR count). The maximum Gasteiger partial charge on any atom is 0.223 e. The van der Waals surface area contributed by atoms with E-state index in [1.54, 1.807) is 0 Å². The fourth-order valence-corrected chi connectivity index (χ4v) is 2.10. The van der Waals surface area contributed by atoms with Crippen LogP contribution >= 0.6 is 24.8 Å². The number of piperazine rings is 1. The van der Waals surface area contributed by atoms with E-state index in [1.807, 2.05) is 11.9 Å². The summed E-state index contributed by atoms with van der Waals surface area (Å²) in [6, 6.07) is 0. The van der Waals surface area contributed by atoms with Crippen molar-refractivity contribution in [3.63, 3.8) is 0 Å². The Bertz CT molecular complexity index is 262. The molecule has 4 nitrogen and oxygen atoms in total. The topological polar surface area (TPSA) is 35.6 Å². The van der Waals surface area contributed by atoms with Crippen molar-refractivity contribution in [1.82, 2.24) is 15.1 Å². The second-order valence-electron chi connectivity index (χ2n) is 6.39. The van der Waals surface area contributed by atoms with E-state index in [-0.39, 0.29) is 24.8 Å². The summed E-state index contributed by atoms with van der Waals surface area (Å²) in [6.07, 6.45) is 1.85. The van der Waals surface area contributed by atoms with Crippen molar-refractivity contribution in [1.29, 1.82) is 0 Å². The van der Waals surface area contributed by atoms with E-state index >= 15 is 0 Å². The monoisotopic (exact) mass is 327 g/mol. The zero-order valence-corrected chi connectivity index (χ0v) is 14.9. The van der Waals surface area contributed by atoms with Gasteiger partial charge in [-0.05, 0) is 25.4 Å². The van der Waals surface area contributed by atoms with E-state index in [9.17, 15) is 4.79 Å². The van der Waals surface area contributed by atoms with Crippen molar-refractivity contribution >= 4 is 30.7 Å². The number of hydrogen-bond acceptors (Lipinski definition) is 3. The summed E-state index contributed by atoms with van der Waals surface area (Å²) < 4.78 is 0. The summed E-state index contributed by atoms with van der Waals surface area (Å²) in [6.45, 7) is 12.6. The van der Waals surface area contributed by atoms with Gasteiger partial charge in [-0.2, -0.15) is 0 Å². The summed E-state index contributed by atoms with van der Waals surface area (Å²) in [5, 5.41) is 3.03. The maximum absolute atomic E-state index is 11.8. The van der Waals surface area contributed by atoms with Crippen LogP contribution in [0.15, 0.2) is 0 Å². The van der Waals surface area contributed by atoms with Crippen LogP contribution in [-0.2, 0) is 4.79 Å². The van der Waals surface area contributed by atoms with Gasteiger partial charge in [0.1, 0.15) is 0 Å². The molecule has 0 saturated carbocycles. The number of nitrogens with zero attached hydrogens (tertiary/aromatic N) is 2. The van der Waals surface area contributed by atoms with Gasteiger partial charge in [0, 0.05) is 39.1 Å². The molecule has 1 N–H and O–H groups in total. The van der Waals surface area contributed by atoms with Crippen molar-refractivity contribution < 1.29 is 4.79 Å². The maximum atomic E-state index is 11.8. The molecule has 0 atom stereocenters. The molecule has 1 fully saturated rings. The third-order valence-corrected chi connectivity index (χ3v) is 3.49. The lowest BCUT2D eigenvalue weighted by molar-refractivity contribution is -0.132. The second-order valence-corrected chi connectivity index (χ2v) is 6.39. The minimum absolute atomic E-state index is 0. The molecule has 1 heterocycles. The van der Waals surface area contributed by atoms with Gasteiger partial charge < -0.3 is 10.2 Å². The van der Waals surface area contributed by atoms with Crippen LogP contribution in [0.3, 0.4) is 0 Å². The highest BCUT2D eigenvalue weighted by Gasteiger charge is 2.21. The van der Waals surface area contributed by atoms with Crippen molar-refractivity contribution in [2.24, 2.45) is 5.41 Å². The van der Waals surface area contributed by atoms with Crippen LogP contribution < -0.4 is 5.32 Å². The molecule has 122 valence electrons. The number of carbonyl (C=O) groups excluding carboxylic acids is 1. The van der Waals surface area contributed by atoms with Crippen LogP contribution in [0, 0.1) is 5.41 Å². The molecule has 1 aliphatic heterocycles. The normalized spacial score (nSPS) is 16.3. The van der Waals surface area contributed by atoms with Crippen molar-refractivity contribution in [2.45, 2.75) is 33.6 Å². The Labute approximate surface area is 136 Å². The zero-order valence-electron chi connectivity index (χ0n) is 13.3. The number of amides is 1. The fourth-order valence-electron chi connectivity index (χ4n) is 2.10. The standard InChI is InChI=1S/C14H29N3O.2ClH/c1-14(2,3)6-8-16-9-11-17(12-10-16)13(18)5-7-15-4;;/h15H,5-12H2,1-4H3;2*1H. The first-order valence-corrected chi connectivity index (χ1v) is 7.07. The van der Waals surface area contributed by atoms with Crippen LogP contribution in [0.1, 0.15) is 33.6 Å². The van der Waals surface area contributed by atoms with Crippen molar-refractivity contribution in [2.75, 3.05) is 46.3 Å². The quantitative estimate of drug-likeness (QED) is 0.839. The first-order chi connectivity index (χ1) is 8.42. The number of halogens is 2. The first kappa shape index (κ1) is 22.3. The lowest BCUT2D eigenvalue weighted by Gasteiger charge is -2.36. The SMILES string of the molecule is CNCCC(=O)N1CCN(CCC(C)(C)C)CC1.Cl.Cl. The molecule has 0 radical (unpaired) electrons. The van der Waals surface area contributed by atoms with E-state index in [1.165, 1.54) is 6.42 Å². The number of rotatable bonds is 5. The third kappa shape index (κ3) is 9.01. The summed E-state index contributed by atoms with van der Waals surface area (Å²) in [7, 11) is 1.89. The van der Waals surface area contributed by atoms with Crippen LogP contribution in [0.25, 0.3) is 0 Å². The first-order valence-electron chi connectivity index (χ1n) is 7.07. The highest BCUT2D eigenvalue weighted by Crippen LogP contribution is 2.19. The van der Waals surface area contributed by atoms with Crippen LogP contribution in [0.4, 0.5) is 0 Å². The fraction of sp³-hybridized carbons (Fsp3) is 0.929. The molecule has 0 aliphatic carbocycles. The Balaban J connectivity index is 0. The van der Waals surface area contributed by atoms with Crippen molar-refractivity contribution in [3.8, 4) is 0 Å². The van der Waals surface area contributed by atoms with E-state index < -0.39 is 0 Å². The van der Waals surface area contributed by atoms with E-state index in [4.69, 9.17) is 0 Å². The average Bonchev–Trinajstić information content (AvgIpc) is 2.33. The molecule has 1 saturated heterocycles. The molecular weight excluding hydrogens is 297 g/mol. The van der Waals surface area contributed by atoms with Gasteiger partial charge in [0.15, 0.2) is 0 Å². The summed E-state index contributed by atoms with van der Waals surface area (Å²) >= 11 is 0. The zero-order chi connectivity index (χ0) is 13.6. The van der Waals surface area contributed by atoms with E-state index in [0.29, 0.717) is 17.7 Å². The summed E-state index contributed by atoms with van der Waals surface area (Å²) in [5.41, 5.74) is 0.403. The van der Waals surface area contributed by atoms with Gasteiger partial charge in [0.2, 0.25) is 5.91 Å². The highest BCUT2D eigenvalue weighted by atomic mass is 35.5. The Morgan fingerprint density at radius 2 is 1.65 bits per heavy atom.